The predicted molar refractivity (Wildman–Crippen MR) is 108 cm³/mol. The van der Waals surface area contributed by atoms with Crippen molar-refractivity contribution in [2.45, 2.75) is 38.8 Å². The molecule has 2 rings (SSSR count). The third-order valence-corrected chi connectivity index (χ3v) is 6.74. The van der Waals surface area contributed by atoms with Crippen molar-refractivity contribution in [2.75, 3.05) is 11.5 Å². The summed E-state index contributed by atoms with van der Waals surface area (Å²) < 4.78 is 0. The van der Waals surface area contributed by atoms with E-state index in [4.69, 9.17) is 0 Å². The second-order valence-electron chi connectivity index (χ2n) is 5.72. The first-order valence-electron chi connectivity index (χ1n) is 8.29. The van der Waals surface area contributed by atoms with Crippen LogP contribution in [0, 0.1) is 0 Å². The SMILES string of the molecule is CC(NC(=O)CCSCCC(=O)NC(C)c1cccs1)c1cccs1. The smallest absolute Gasteiger partial charge is 0.221 e. The summed E-state index contributed by atoms with van der Waals surface area (Å²) in [7, 11) is 0. The third-order valence-electron chi connectivity index (χ3n) is 3.64. The summed E-state index contributed by atoms with van der Waals surface area (Å²) in [5, 5.41) is 10.0. The highest BCUT2D eigenvalue weighted by Gasteiger charge is 2.11. The molecule has 0 aromatic carbocycles. The quantitative estimate of drug-likeness (QED) is 0.586. The zero-order valence-electron chi connectivity index (χ0n) is 14.5. The van der Waals surface area contributed by atoms with E-state index in [1.807, 2.05) is 48.9 Å². The predicted octanol–water partition coefficient (Wildman–Crippen LogP) is 4.38. The number of carbonyl (C=O) groups excluding carboxylic acids is 2. The van der Waals surface area contributed by atoms with E-state index < -0.39 is 0 Å². The first kappa shape index (κ1) is 20.0. The molecule has 0 radical (unpaired) electrons. The first-order valence-corrected chi connectivity index (χ1v) is 11.2. The topological polar surface area (TPSA) is 58.2 Å². The molecular formula is C18H24N2O2S3. The molecule has 2 unspecified atom stereocenters. The summed E-state index contributed by atoms with van der Waals surface area (Å²) in [6.45, 7) is 3.99. The highest BCUT2D eigenvalue weighted by molar-refractivity contribution is 7.99. The molecule has 2 N–H and O–H groups in total. The summed E-state index contributed by atoms with van der Waals surface area (Å²) in [5.74, 6) is 1.58. The number of nitrogens with one attached hydrogen (secondary N) is 2. The van der Waals surface area contributed by atoms with Crippen LogP contribution in [0.4, 0.5) is 0 Å². The van der Waals surface area contributed by atoms with Crippen LogP contribution in [0.15, 0.2) is 35.0 Å². The standard InChI is InChI=1S/C18H24N2O2S3/c1-13(15-5-3-9-24-15)19-17(21)7-11-23-12-8-18(22)20-14(2)16-6-4-10-25-16/h3-6,9-10,13-14H,7-8,11-12H2,1-2H3,(H,19,21)(H,20,22). The maximum absolute atomic E-state index is 11.9. The van der Waals surface area contributed by atoms with Crippen LogP contribution in [0.3, 0.4) is 0 Å². The second kappa shape index (κ2) is 10.6. The van der Waals surface area contributed by atoms with Gasteiger partial charge in [0, 0.05) is 34.1 Å². The van der Waals surface area contributed by atoms with Crippen molar-refractivity contribution in [3.05, 3.63) is 44.8 Å². The maximum Gasteiger partial charge on any atom is 0.221 e. The Labute approximate surface area is 161 Å². The molecule has 2 aromatic heterocycles. The third kappa shape index (κ3) is 7.22. The molecule has 0 aliphatic carbocycles. The van der Waals surface area contributed by atoms with Crippen LogP contribution in [-0.2, 0) is 9.59 Å². The molecule has 2 heterocycles. The number of hydrogen-bond acceptors (Lipinski definition) is 5. The minimum atomic E-state index is 0.0574. The van der Waals surface area contributed by atoms with E-state index in [2.05, 4.69) is 10.6 Å². The molecule has 2 amide bonds. The molecule has 136 valence electrons. The van der Waals surface area contributed by atoms with E-state index in [-0.39, 0.29) is 23.9 Å². The fourth-order valence-electron chi connectivity index (χ4n) is 2.28. The lowest BCUT2D eigenvalue weighted by molar-refractivity contribution is -0.122. The van der Waals surface area contributed by atoms with Crippen molar-refractivity contribution in [3.63, 3.8) is 0 Å². The average molecular weight is 397 g/mol. The van der Waals surface area contributed by atoms with Gasteiger partial charge in [0.25, 0.3) is 0 Å². The number of carbonyl (C=O) groups is 2. The summed E-state index contributed by atoms with van der Waals surface area (Å²) in [6.07, 6.45) is 0.960. The summed E-state index contributed by atoms with van der Waals surface area (Å²) in [6, 6.07) is 8.15. The van der Waals surface area contributed by atoms with Crippen LogP contribution in [-0.4, -0.2) is 23.3 Å². The van der Waals surface area contributed by atoms with Crippen LogP contribution in [0.5, 0.6) is 0 Å². The molecule has 2 aromatic rings. The molecular weight excluding hydrogens is 372 g/mol. The van der Waals surface area contributed by atoms with E-state index >= 15 is 0 Å². The Morgan fingerprint density at radius 2 is 1.36 bits per heavy atom. The molecule has 0 spiro atoms. The first-order chi connectivity index (χ1) is 12.1. The van der Waals surface area contributed by atoms with Gasteiger partial charge in [0.05, 0.1) is 12.1 Å². The largest absolute Gasteiger partial charge is 0.349 e. The van der Waals surface area contributed by atoms with E-state index in [1.165, 1.54) is 0 Å². The van der Waals surface area contributed by atoms with E-state index in [1.54, 1.807) is 34.4 Å². The lowest BCUT2D eigenvalue weighted by atomic mass is 10.2. The molecule has 0 fully saturated rings. The molecule has 2 atom stereocenters. The molecule has 0 saturated carbocycles. The monoisotopic (exact) mass is 396 g/mol. The van der Waals surface area contributed by atoms with Crippen molar-refractivity contribution >= 4 is 46.2 Å². The number of amides is 2. The lowest BCUT2D eigenvalue weighted by Gasteiger charge is -2.13. The van der Waals surface area contributed by atoms with Gasteiger partial charge in [0.1, 0.15) is 0 Å². The maximum atomic E-state index is 11.9. The van der Waals surface area contributed by atoms with Gasteiger partial charge in [0.15, 0.2) is 0 Å². The minimum absolute atomic E-state index is 0.0574. The van der Waals surface area contributed by atoms with Crippen molar-refractivity contribution in [3.8, 4) is 0 Å². The summed E-state index contributed by atoms with van der Waals surface area (Å²) in [4.78, 5) is 26.2. The van der Waals surface area contributed by atoms with Crippen molar-refractivity contribution in [1.29, 1.82) is 0 Å². The highest BCUT2D eigenvalue weighted by Crippen LogP contribution is 2.19. The van der Waals surface area contributed by atoms with Gasteiger partial charge in [-0.2, -0.15) is 11.8 Å². The van der Waals surface area contributed by atoms with E-state index in [0.717, 1.165) is 21.3 Å². The molecule has 0 bridgehead atoms. The lowest BCUT2D eigenvalue weighted by Crippen LogP contribution is -2.27. The Bertz CT molecular complexity index is 585. The molecule has 25 heavy (non-hydrogen) atoms. The Morgan fingerprint density at radius 1 is 0.920 bits per heavy atom. The van der Waals surface area contributed by atoms with Gasteiger partial charge in [-0.25, -0.2) is 0 Å². The van der Waals surface area contributed by atoms with E-state index in [0.29, 0.717) is 12.8 Å². The van der Waals surface area contributed by atoms with Crippen LogP contribution in [0.2, 0.25) is 0 Å². The molecule has 0 saturated heterocycles. The van der Waals surface area contributed by atoms with Crippen LogP contribution in [0.25, 0.3) is 0 Å². The minimum Gasteiger partial charge on any atom is -0.349 e. The molecule has 0 aliphatic heterocycles. The number of hydrogen-bond donors (Lipinski definition) is 2. The molecule has 0 aliphatic rings. The fraction of sp³-hybridized carbons (Fsp3) is 0.444. The van der Waals surface area contributed by atoms with Crippen molar-refractivity contribution in [2.24, 2.45) is 0 Å². The van der Waals surface area contributed by atoms with Crippen molar-refractivity contribution in [1.82, 2.24) is 10.6 Å². The Hall–Kier alpha value is -1.31. The van der Waals surface area contributed by atoms with Gasteiger partial charge >= 0.3 is 0 Å². The summed E-state index contributed by atoms with van der Waals surface area (Å²) in [5.41, 5.74) is 0. The average Bonchev–Trinajstić information content (AvgIpc) is 3.27. The van der Waals surface area contributed by atoms with Crippen LogP contribution in [0.1, 0.15) is 48.5 Å². The van der Waals surface area contributed by atoms with E-state index in [9.17, 15) is 9.59 Å². The highest BCUT2D eigenvalue weighted by atomic mass is 32.2. The fourth-order valence-corrected chi connectivity index (χ4v) is 4.61. The zero-order valence-corrected chi connectivity index (χ0v) is 16.9. The normalized spacial score (nSPS) is 13.2. The van der Waals surface area contributed by atoms with Gasteiger partial charge < -0.3 is 10.6 Å². The van der Waals surface area contributed by atoms with Gasteiger partial charge in [-0.1, -0.05) is 12.1 Å². The number of thiophene rings is 2. The van der Waals surface area contributed by atoms with Gasteiger partial charge in [-0.3, -0.25) is 9.59 Å². The zero-order chi connectivity index (χ0) is 18.1. The Morgan fingerprint density at radius 3 is 1.72 bits per heavy atom. The van der Waals surface area contributed by atoms with Crippen molar-refractivity contribution < 1.29 is 9.59 Å². The Kier molecular flexibility index (Phi) is 8.51. The number of rotatable bonds is 10. The second-order valence-corrected chi connectivity index (χ2v) is 8.90. The Balaban J connectivity index is 1.54. The van der Waals surface area contributed by atoms with Gasteiger partial charge in [0.2, 0.25) is 11.8 Å². The molecule has 7 heteroatoms. The summed E-state index contributed by atoms with van der Waals surface area (Å²) >= 11 is 4.94. The van der Waals surface area contributed by atoms with Gasteiger partial charge in [-0.15, -0.1) is 22.7 Å². The van der Waals surface area contributed by atoms with Crippen LogP contribution < -0.4 is 10.6 Å². The van der Waals surface area contributed by atoms with Crippen LogP contribution >= 0.6 is 34.4 Å². The van der Waals surface area contributed by atoms with Gasteiger partial charge in [-0.05, 0) is 36.7 Å². The number of thioether (sulfide) groups is 1. The molecule has 4 nitrogen and oxygen atoms in total.